The Hall–Kier alpha value is -1.11. The molecular weight excluding hydrogens is 340 g/mol. The predicted octanol–water partition coefficient (Wildman–Crippen LogP) is 1.11. The van der Waals surface area contributed by atoms with E-state index in [4.69, 9.17) is 0 Å². The van der Waals surface area contributed by atoms with E-state index >= 15 is 0 Å². The topological polar surface area (TPSA) is 83.6 Å². The molecule has 4 aliphatic rings. The Morgan fingerprint density at radius 1 is 1.08 bits per heavy atom. The molecule has 7 heteroatoms. The largest absolute Gasteiger partial charge is 0.355 e. The van der Waals surface area contributed by atoms with Crippen LogP contribution in [0.5, 0.6) is 0 Å². The molecule has 0 bridgehead atoms. The molecule has 2 atom stereocenters. The van der Waals surface area contributed by atoms with E-state index in [-0.39, 0.29) is 23.0 Å². The van der Waals surface area contributed by atoms with Crippen LogP contribution < -0.4 is 5.32 Å². The number of hydrogen-bond donors (Lipinski definition) is 1. The summed E-state index contributed by atoms with van der Waals surface area (Å²) in [7, 11) is -3.28. The van der Waals surface area contributed by atoms with Crippen molar-refractivity contribution in [2.24, 2.45) is 17.3 Å². The SMILES string of the molecule is O=C(NCC1CCN(C(=O)C2(C3CC3)CC2)C1)C1CCCCS1(=O)=O. The number of sulfone groups is 1. The van der Waals surface area contributed by atoms with Gasteiger partial charge in [0.05, 0.1) is 11.2 Å². The van der Waals surface area contributed by atoms with Gasteiger partial charge >= 0.3 is 0 Å². The highest BCUT2D eigenvalue weighted by Gasteiger charge is 2.60. The number of carbonyl (C=O) groups excluding carboxylic acids is 2. The summed E-state index contributed by atoms with van der Waals surface area (Å²) in [6.07, 6.45) is 7.30. The van der Waals surface area contributed by atoms with Crippen LogP contribution >= 0.6 is 0 Å². The van der Waals surface area contributed by atoms with Gasteiger partial charge in [-0.25, -0.2) is 8.42 Å². The summed E-state index contributed by atoms with van der Waals surface area (Å²) in [6.45, 7) is 1.95. The molecule has 4 rings (SSSR count). The molecule has 25 heavy (non-hydrogen) atoms. The van der Waals surface area contributed by atoms with E-state index in [1.54, 1.807) is 0 Å². The van der Waals surface area contributed by atoms with Crippen LogP contribution in [0.1, 0.15) is 51.4 Å². The first-order valence-electron chi connectivity index (χ1n) is 9.71. The second kappa shape index (κ2) is 6.25. The number of nitrogens with zero attached hydrogens (tertiary/aromatic N) is 1. The summed E-state index contributed by atoms with van der Waals surface area (Å²) in [4.78, 5) is 27.1. The molecule has 2 unspecified atom stereocenters. The molecule has 1 N–H and O–H groups in total. The molecule has 0 spiro atoms. The van der Waals surface area contributed by atoms with E-state index in [9.17, 15) is 18.0 Å². The molecule has 0 aromatic rings. The smallest absolute Gasteiger partial charge is 0.238 e. The third-order valence-corrected chi connectivity index (χ3v) is 8.76. The van der Waals surface area contributed by atoms with Gasteiger partial charge in [-0.15, -0.1) is 0 Å². The highest BCUT2D eigenvalue weighted by atomic mass is 32.2. The fourth-order valence-electron chi connectivity index (χ4n) is 4.67. The van der Waals surface area contributed by atoms with Crippen molar-refractivity contribution in [3.05, 3.63) is 0 Å². The summed E-state index contributed by atoms with van der Waals surface area (Å²) in [5.74, 6) is 0.976. The number of rotatable bonds is 5. The maximum Gasteiger partial charge on any atom is 0.238 e. The van der Waals surface area contributed by atoms with Crippen molar-refractivity contribution in [2.75, 3.05) is 25.4 Å². The van der Waals surface area contributed by atoms with Crippen LogP contribution in [-0.4, -0.2) is 55.8 Å². The molecule has 2 aliphatic heterocycles. The quantitative estimate of drug-likeness (QED) is 0.788. The van der Waals surface area contributed by atoms with Gasteiger partial charge in [0.2, 0.25) is 11.8 Å². The fourth-order valence-corrected chi connectivity index (χ4v) is 6.50. The van der Waals surface area contributed by atoms with Gasteiger partial charge in [0, 0.05) is 19.6 Å². The third kappa shape index (κ3) is 3.32. The van der Waals surface area contributed by atoms with E-state index in [0.717, 1.165) is 32.2 Å². The molecule has 2 saturated carbocycles. The van der Waals surface area contributed by atoms with Crippen molar-refractivity contribution >= 4 is 21.7 Å². The van der Waals surface area contributed by atoms with E-state index in [1.165, 1.54) is 12.8 Å². The maximum absolute atomic E-state index is 12.8. The summed E-state index contributed by atoms with van der Waals surface area (Å²) in [6, 6.07) is 0. The van der Waals surface area contributed by atoms with E-state index in [2.05, 4.69) is 5.32 Å². The minimum atomic E-state index is -3.28. The summed E-state index contributed by atoms with van der Waals surface area (Å²) >= 11 is 0. The van der Waals surface area contributed by atoms with E-state index < -0.39 is 15.1 Å². The van der Waals surface area contributed by atoms with Crippen molar-refractivity contribution in [3.63, 3.8) is 0 Å². The second-order valence-electron chi connectivity index (χ2n) is 8.43. The van der Waals surface area contributed by atoms with E-state index in [1.807, 2.05) is 4.90 Å². The van der Waals surface area contributed by atoms with Gasteiger partial charge in [-0.3, -0.25) is 9.59 Å². The number of carbonyl (C=O) groups is 2. The molecule has 2 aliphatic carbocycles. The van der Waals surface area contributed by atoms with Crippen molar-refractivity contribution in [3.8, 4) is 0 Å². The normalized spacial score (nSPS) is 33.0. The number of likely N-dealkylation sites (tertiary alicyclic amines) is 1. The van der Waals surface area contributed by atoms with Crippen LogP contribution in [-0.2, 0) is 19.4 Å². The Morgan fingerprint density at radius 2 is 1.84 bits per heavy atom. The third-order valence-electron chi connectivity index (χ3n) is 6.58. The predicted molar refractivity (Wildman–Crippen MR) is 93.5 cm³/mol. The van der Waals surface area contributed by atoms with Crippen LogP contribution in [0.25, 0.3) is 0 Å². The Kier molecular flexibility index (Phi) is 4.33. The van der Waals surface area contributed by atoms with Crippen molar-refractivity contribution < 1.29 is 18.0 Å². The Bertz CT molecular complexity index is 667. The van der Waals surface area contributed by atoms with Gasteiger partial charge in [-0.1, -0.05) is 6.42 Å². The number of nitrogens with one attached hydrogen (secondary N) is 1. The number of hydrogen-bond acceptors (Lipinski definition) is 4. The Labute approximate surface area is 149 Å². The van der Waals surface area contributed by atoms with Crippen molar-refractivity contribution in [2.45, 2.75) is 56.6 Å². The average Bonchev–Trinajstić information content (AvgIpc) is 3.48. The zero-order chi connectivity index (χ0) is 17.7. The molecule has 2 amide bonds. The summed E-state index contributed by atoms with van der Waals surface area (Å²) in [5.41, 5.74) is -0.0334. The Morgan fingerprint density at radius 3 is 2.48 bits per heavy atom. The fraction of sp³-hybridized carbons (Fsp3) is 0.889. The lowest BCUT2D eigenvalue weighted by atomic mass is 9.99. The maximum atomic E-state index is 12.8. The molecule has 0 aromatic heterocycles. The van der Waals surface area contributed by atoms with Crippen LogP contribution in [0.2, 0.25) is 0 Å². The molecule has 0 radical (unpaired) electrons. The molecule has 2 heterocycles. The van der Waals surface area contributed by atoms with Crippen LogP contribution in [0.4, 0.5) is 0 Å². The highest BCUT2D eigenvalue weighted by molar-refractivity contribution is 7.92. The molecule has 0 aromatic carbocycles. The summed E-state index contributed by atoms with van der Waals surface area (Å²) < 4.78 is 24.1. The molecule has 6 nitrogen and oxygen atoms in total. The molecule has 140 valence electrons. The first kappa shape index (κ1) is 17.3. The first-order valence-corrected chi connectivity index (χ1v) is 11.4. The number of amides is 2. The molecule has 2 saturated heterocycles. The van der Waals surface area contributed by atoms with Crippen LogP contribution in [0.15, 0.2) is 0 Å². The monoisotopic (exact) mass is 368 g/mol. The lowest BCUT2D eigenvalue weighted by Gasteiger charge is -2.24. The van der Waals surface area contributed by atoms with Gasteiger partial charge in [-0.05, 0) is 56.8 Å². The second-order valence-corrected chi connectivity index (χ2v) is 10.7. The average molecular weight is 368 g/mol. The molecule has 4 fully saturated rings. The minimum absolute atomic E-state index is 0.0334. The van der Waals surface area contributed by atoms with Crippen molar-refractivity contribution in [1.29, 1.82) is 0 Å². The standard InChI is InChI=1S/C18H28N2O4S/c21-16(15-3-1-2-10-25(15,23)24)19-11-13-6-9-20(12-13)17(22)18(7-8-18)14-4-5-14/h13-15H,1-12H2,(H,19,21). The van der Waals surface area contributed by atoms with E-state index in [0.29, 0.717) is 37.8 Å². The van der Waals surface area contributed by atoms with Crippen LogP contribution in [0.3, 0.4) is 0 Å². The van der Waals surface area contributed by atoms with Gasteiger partial charge in [-0.2, -0.15) is 0 Å². The zero-order valence-corrected chi connectivity index (χ0v) is 15.5. The summed E-state index contributed by atoms with van der Waals surface area (Å²) in [5, 5.41) is 1.97. The van der Waals surface area contributed by atoms with Gasteiger partial charge in [0.15, 0.2) is 9.84 Å². The van der Waals surface area contributed by atoms with Crippen molar-refractivity contribution in [1.82, 2.24) is 10.2 Å². The first-order chi connectivity index (χ1) is 11.9. The Balaban J connectivity index is 1.27. The lowest BCUT2D eigenvalue weighted by Crippen LogP contribution is -2.44. The van der Waals surface area contributed by atoms with Crippen LogP contribution in [0, 0.1) is 17.3 Å². The van der Waals surface area contributed by atoms with Gasteiger partial charge in [0.25, 0.3) is 0 Å². The highest BCUT2D eigenvalue weighted by Crippen LogP contribution is 2.62. The zero-order valence-electron chi connectivity index (χ0n) is 14.7. The lowest BCUT2D eigenvalue weighted by molar-refractivity contribution is -0.136. The minimum Gasteiger partial charge on any atom is -0.355 e. The molecular formula is C18H28N2O4S. The van der Waals surface area contributed by atoms with Gasteiger partial charge < -0.3 is 10.2 Å². The van der Waals surface area contributed by atoms with Gasteiger partial charge in [0.1, 0.15) is 5.25 Å².